The van der Waals surface area contributed by atoms with Crippen molar-refractivity contribution in [3.63, 3.8) is 0 Å². The van der Waals surface area contributed by atoms with Crippen LogP contribution in [-0.2, 0) is 19.2 Å². The van der Waals surface area contributed by atoms with Crippen LogP contribution in [-0.4, -0.2) is 48.7 Å². The van der Waals surface area contributed by atoms with Crippen molar-refractivity contribution in [3.8, 4) is 5.82 Å². The van der Waals surface area contributed by atoms with Gasteiger partial charge in [-0.1, -0.05) is 6.07 Å². The molecule has 9 nitrogen and oxygen atoms in total. The van der Waals surface area contributed by atoms with Crippen molar-refractivity contribution in [2.75, 3.05) is 13.1 Å². The summed E-state index contributed by atoms with van der Waals surface area (Å²) >= 11 is 0. The number of aryl methyl sites for hydroxylation is 3. The van der Waals surface area contributed by atoms with Crippen molar-refractivity contribution in [1.29, 1.82) is 0 Å². The Kier molecular flexibility index (Phi) is 6.51. The Morgan fingerprint density at radius 3 is 2.60 bits per heavy atom. The Morgan fingerprint density at radius 1 is 1.23 bits per heavy atom. The second-order valence-electron chi connectivity index (χ2n) is 7.59. The van der Waals surface area contributed by atoms with E-state index in [0.717, 1.165) is 34.9 Å². The van der Waals surface area contributed by atoms with Gasteiger partial charge in [-0.2, -0.15) is 10.2 Å². The highest BCUT2D eigenvalue weighted by molar-refractivity contribution is 5.79. The lowest BCUT2D eigenvalue weighted by Gasteiger charge is -2.23. The topological polar surface area (TPSA) is 105 Å². The van der Waals surface area contributed by atoms with Crippen LogP contribution in [0.2, 0.25) is 0 Å². The fourth-order valence-electron chi connectivity index (χ4n) is 3.07. The van der Waals surface area contributed by atoms with Gasteiger partial charge >= 0.3 is 0 Å². The van der Waals surface area contributed by atoms with E-state index >= 15 is 0 Å². The van der Waals surface area contributed by atoms with Gasteiger partial charge in [-0.05, 0) is 45.4 Å². The van der Waals surface area contributed by atoms with Gasteiger partial charge in [0.1, 0.15) is 5.60 Å². The lowest BCUT2D eigenvalue weighted by atomic mass is 10.00. The Bertz CT molecular complexity index is 1000. The Morgan fingerprint density at radius 2 is 2.03 bits per heavy atom. The normalized spacial score (nSPS) is 13.9. The molecule has 30 heavy (non-hydrogen) atoms. The Balaban J connectivity index is 1.65. The van der Waals surface area contributed by atoms with Gasteiger partial charge in [0.05, 0.1) is 25.0 Å². The number of aliphatic hydroxyl groups is 1. The van der Waals surface area contributed by atoms with E-state index in [1.807, 2.05) is 63.1 Å². The molecule has 3 N–H and O–H groups in total. The molecule has 0 aromatic carbocycles. The van der Waals surface area contributed by atoms with Crippen LogP contribution in [0.1, 0.15) is 36.4 Å². The van der Waals surface area contributed by atoms with Gasteiger partial charge in [0.25, 0.3) is 0 Å². The molecular formula is C21H30N8O. The van der Waals surface area contributed by atoms with E-state index in [9.17, 15) is 5.11 Å². The lowest BCUT2D eigenvalue weighted by molar-refractivity contribution is 0.0616. The monoisotopic (exact) mass is 410 g/mol. The number of rotatable bonds is 7. The molecule has 0 aliphatic heterocycles. The molecule has 0 aliphatic rings. The molecule has 9 heteroatoms. The van der Waals surface area contributed by atoms with Crippen LogP contribution in [0.5, 0.6) is 0 Å². The Hall–Kier alpha value is -3.20. The SMILES string of the molecule is CCNC(=NCc1ccc(-n2nc(C)cc2C)nc1)NCC(C)(O)c1cnn(C)c1. The minimum absolute atomic E-state index is 0.305. The minimum atomic E-state index is -1.06. The molecule has 0 aliphatic carbocycles. The molecule has 3 rings (SSSR count). The van der Waals surface area contributed by atoms with Crippen molar-refractivity contribution >= 4 is 5.96 Å². The minimum Gasteiger partial charge on any atom is -0.383 e. The van der Waals surface area contributed by atoms with Gasteiger partial charge in [-0.15, -0.1) is 0 Å². The summed E-state index contributed by atoms with van der Waals surface area (Å²) in [6, 6.07) is 5.96. The number of nitrogens with zero attached hydrogens (tertiary/aromatic N) is 6. The zero-order valence-electron chi connectivity index (χ0n) is 18.2. The fraction of sp³-hybridized carbons (Fsp3) is 0.429. The number of nitrogens with one attached hydrogen (secondary N) is 2. The van der Waals surface area contributed by atoms with Crippen molar-refractivity contribution in [1.82, 2.24) is 35.2 Å². The quantitative estimate of drug-likeness (QED) is 0.403. The number of aromatic nitrogens is 5. The summed E-state index contributed by atoms with van der Waals surface area (Å²) in [7, 11) is 1.83. The first-order chi connectivity index (χ1) is 14.3. The maximum Gasteiger partial charge on any atom is 0.191 e. The average molecular weight is 411 g/mol. The molecule has 1 atom stereocenters. The van der Waals surface area contributed by atoms with Gasteiger partial charge in [0.15, 0.2) is 11.8 Å². The van der Waals surface area contributed by atoms with E-state index in [1.54, 1.807) is 17.8 Å². The van der Waals surface area contributed by atoms with Gasteiger partial charge < -0.3 is 15.7 Å². The highest BCUT2D eigenvalue weighted by Crippen LogP contribution is 2.18. The number of hydrogen-bond acceptors (Lipinski definition) is 5. The van der Waals surface area contributed by atoms with E-state index in [2.05, 4.69) is 30.8 Å². The molecule has 1 unspecified atom stereocenters. The van der Waals surface area contributed by atoms with E-state index in [0.29, 0.717) is 19.0 Å². The molecule has 0 amide bonds. The van der Waals surface area contributed by atoms with Crippen LogP contribution in [0.4, 0.5) is 0 Å². The summed E-state index contributed by atoms with van der Waals surface area (Å²) in [5.41, 5.74) is 2.68. The van der Waals surface area contributed by atoms with Gasteiger partial charge in [0, 0.05) is 37.2 Å². The number of guanidine groups is 1. The molecule has 0 saturated carbocycles. The van der Waals surface area contributed by atoms with Crippen LogP contribution in [0.25, 0.3) is 5.82 Å². The molecule has 0 radical (unpaired) electrons. The highest BCUT2D eigenvalue weighted by Gasteiger charge is 2.25. The molecule has 3 aromatic heterocycles. The molecule has 0 bridgehead atoms. The summed E-state index contributed by atoms with van der Waals surface area (Å²) in [6.45, 7) is 9.22. The van der Waals surface area contributed by atoms with Crippen LogP contribution in [0.15, 0.2) is 41.8 Å². The molecule has 0 spiro atoms. The van der Waals surface area contributed by atoms with Crippen molar-refractivity contribution < 1.29 is 5.11 Å². The van der Waals surface area contributed by atoms with Gasteiger partial charge in [-0.25, -0.2) is 14.7 Å². The van der Waals surface area contributed by atoms with Crippen molar-refractivity contribution in [2.45, 2.75) is 39.8 Å². The molecule has 0 saturated heterocycles. The van der Waals surface area contributed by atoms with E-state index in [-0.39, 0.29) is 0 Å². The average Bonchev–Trinajstić information content (AvgIpc) is 3.30. The molecule has 160 valence electrons. The smallest absolute Gasteiger partial charge is 0.191 e. The summed E-state index contributed by atoms with van der Waals surface area (Å²) in [5.74, 6) is 1.41. The molecular weight excluding hydrogens is 380 g/mol. The lowest BCUT2D eigenvalue weighted by Crippen LogP contribution is -2.44. The molecule has 0 fully saturated rings. The largest absolute Gasteiger partial charge is 0.383 e. The zero-order valence-corrected chi connectivity index (χ0v) is 18.2. The second-order valence-corrected chi connectivity index (χ2v) is 7.59. The summed E-state index contributed by atoms with van der Waals surface area (Å²) in [4.78, 5) is 9.13. The third-order valence-corrected chi connectivity index (χ3v) is 4.73. The zero-order chi connectivity index (χ0) is 21.7. The van der Waals surface area contributed by atoms with Crippen molar-refractivity contribution in [2.24, 2.45) is 12.0 Å². The van der Waals surface area contributed by atoms with Crippen molar-refractivity contribution in [3.05, 3.63) is 59.3 Å². The first kappa shape index (κ1) is 21.5. The van der Waals surface area contributed by atoms with E-state index < -0.39 is 5.60 Å². The van der Waals surface area contributed by atoms with Gasteiger partial charge in [0.2, 0.25) is 0 Å². The number of pyridine rings is 1. The van der Waals surface area contributed by atoms with E-state index in [4.69, 9.17) is 0 Å². The Labute approximate surface area is 176 Å². The van der Waals surface area contributed by atoms with Crippen LogP contribution in [0, 0.1) is 13.8 Å². The predicted octanol–water partition coefficient (Wildman–Crippen LogP) is 1.58. The first-order valence-electron chi connectivity index (χ1n) is 10.0. The van der Waals surface area contributed by atoms with Crippen LogP contribution in [0.3, 0.4) is 0 Å². The molecule has 3 heterocycles. The molecule has 3 aromatic rings. The standard InChI is InChI=1S/C21H30N8O/c1-6-22-20(25-14-21(4,30)18-12-26-28(5)13-18)24-11-17-7-8-19(23-10-17)29-16(3)9-15(2)27-29/h7-10,12-13,30H,6,11,14H2,1-5H3,(H2,22,24,25). The van der Waals surface area contributed by atoms with Crippen LogP contribution >= 0.6 is 0 Å². The van der Waals surface area contributed by atoms with E-state index in [1.165, 1.54) is 0 Å². The fourth-order valence-corrected chi connectivity index (χ4v) is 3.07. The second kappa shape index (κ2) is 9.08. The van der Waals surface area contributed by atoms with Crippen LogP contribution < -0.4 is 10.6 Å². The third kappa shape index (κ3) is 5.24. The number of aliphatic imine (C=N–C) groups is 1. The van der Waals surface area contributed by atoms with Gasteiger partial charge in [-0.3, -0.25) is 4.68 Å². The number of hydrogen-bond donors (Lipinski definition) is 3. The summed E-state index contributed by atoms with van der Waals surface area (Å²) in [6.07, 6.45) is 5.29. The third-order valence-electron chi connectivity index (χ3n) is 4.73. The predicted molar refractivity (Wildman–Crippen MR) is 116 cm³/mol. The maximum atomic E-state index is 10.7. The first-order valence-corrected chi connectivity index (χ1v) is 10.0. The highest BCUT2D eigenvalue weighted by atomic mass is 16.3. The summed E-state index contributed by atoms with van der Waals surface area (Å²) < 4.78 is 3.50. The maximum absolute atomic E-state index is 10.7. The summed E-state index contributed by atoms with van der Waals surface area (Å²) in [5, 5.41) is 25.7.